The van der Waals surface area contributed by atoms with Gasteiger partial charge in [0.05, 0.1) is 11.6 Å². The monoisotopic (exact) mass is 265 g/mol. The fourth-order valence-electron chi connectivity index (χ4n) is 2.13. The Morgan fingerprint density at radius 2 is 2.33 bits per heavy atom. The van der Waals surface area contributed by atoms with Gasteiger partial charge in [-0.2, -0.15) is 5.26 Å². The highest BCUT2D eigenvalue weighted by Gasteiger charge is 2.21. The maximum atomic E-state index is 10.1. The highest BCUT2D eigenvalue weighted by molar-refractivity contribution is 6.30. The van der Waals surface area contributed by atoms with E-state index in [0.29, 0.717) is 22.1 Å². The van der Waals surface area contributed by atoms with Crippen molar-refractivity contribution in [3.63, 3.8) is 0 Å². The first kappa shape index (κ1) is 13.3. The zero-order valence-corrected chi connectivity index (χ0v) is 11.0. The van der Waals surface area contributed by atoms with Crippen molar-refractivity contribution in [1.82, 2.24) is 10.4 Å². The van der Waals surface area contributed by atoms with Gasteiger partial charge in [0.1, 0.15) is 6.23 Å². The number of hydrogen-bond acceptors (Lipinski definition) is 4. The standard InChI is InChI=1S/C13H16ClN3O/c1-9-2-3-17(8-9)16-13(18)11-4-10(7-15)5-12(14)6-11/h4-6,9,13,16,18H,2-3,8H2,1H3. The third-order valence-electron chi connectivity index (χ3n) is 3.09. The molecule has 0 radical (unpaired) electrons. The Morgan fingerprint density at radius 3 is 2.94 bits per heavy atom. The minimum absolute atomic E-state index is 0.452. The van der Waals surface area contributed by atoms with E-state index in [1.165, 1.54) is 0 Å². The second kappa shape index (κ2) is 5.68. The Labute approximate surface area is 112 Å². The largest absolute Gasteiger partial charge is 0.373 e. The quantitative estimate of drug-likeness (QED) is 0.822. The Balaban J connectivity index is 2.06. The van der Waals surface area contributed by atoms with Crippen LogP contribution in [0.15, 0.2) is 18.2 Å². The van der Waals surface area contributed by atoms with Crippen LogP contribution in [0.1, 0.15) is 30.7 Å². The summed E-state index contributed by atoms with van der Waals surface area (Å²) in [4.78, 5) is 0. The van der Waals surface area contributed by atoms with Gasteiger partial charge < -0.3 is 5.11 Å². The van der Waals surface area contributed by atoms with E-state index < -0.39 is 6.23 Å². The average molecular weight is 266 g/mol. The normalized spacial score (nSPS) is 21.8. The maximum Gasteiger partial charge on any atom is 0.143 e. The summed E-state index contributed by atoms with van der Waals surface area (Å²) in [5.74, 6) is 0.638. The molecule has 2 N–H and O–H groups in total. The summed E-state index contributed by atoms with van der Waals surface area (Å²) in [5, 5.41) is 21.4. The zero-order chi connectivity index (χ0) is 13.1. The van der Waals surface area contributed by atoms with Crippen molar-refractivity contribution >= 4 is 11.6 Å². The Kier molecular flexibility index (Phi) is 4.20. The van der Waals surface area contributed by atoms with E-state index in [9.17, 15) is 5.11 Å². The molecule has 1 aromatic carbocycles. The molecule has 18 heavy (non-hydrogen) atoms. The van der Waals surface area contributed by atoms with Crippen LogP contribution in [0.3, 0.4) is 0 Å². The number of nitriles is 1. The molecule has 4 nitrogen and oxygen atoms in total. The number of halogens is 1. The highest BCUT2D eigenvalue weighted by Crippen LogP contribution is 2.21. The Bertz CT molecular complexity index is 472. The summed E-state index contributed by atoms with van der Waals surface area (Å²) in [6, 6.07) is 6.91. The molecule has 0 bridgehead atoms. The van der Waals surface area contributed by atoms with Gasteiger partial charge in [-0.25, -0.2) is 10.4 Å². The summed E-state index contributed by atoms with van der Waals surface area (Å²) in [6.07, 6.45) is 0.291. The van der Waals surface area contributed by atoms with Crippen molar-refractivity contribution in [3.8, 4) is 6.07 Å². The summed E-state index contributed by atoms with van der Waals surface area (Å²) >= 11 is 5.91. The van der Waals surface area contributed by atoms with Gasteiger partial charge in [-0.05, 0) is 36.1 Å². The van der Waals surface area contributed by atoms with Crippen LogP contribution in [0.2, 0.25) is 5.02 Å². The number of aliphatic hydroxyl groups is 1. The van der Waals surface area contributed by atoms with Gasteiger partial charge >= 0.3 is 0 Å². The first-order valence-corrected chi connectivity index (χ1v) is 6.36. The van der Waals surface area contributed by atoms with Crippen LogP contribution >= 0.6 is 11.6 Å². The number of hydrogen-bond donors (Lipinski definition) is 2. The number of aliphatic hydroxyl groups excluding tert-OH is 1. The van der Waals surface area contributed by atoms with E-state index in [1.54, 1.807) is 18.2 Å². The number of hydrazine groups is 1. The molecule has 0 aliphatic carbocycles. The molecule has 0 aromatic heterocycles. The molecular weight excluding hydrogens is 250 g/mol. The second-order valence-electron chi connectivity index (χ2n) is 4.76. The summed E-state index contributed by atoms with van der Waals surface area (Å²) in [5.41, 5.74) is 4.09. The molecule has 2 atom stereocenters. The molecule has 5 heteroatoms. The topological polar surface area (TPSA) is 59.3 Å². The van der Waals surface area contributed by atoms with Crippen LogP contribution in [0.5, 0.6) is 0 Å². The zero-order valence-electron chi connectivity index (χ0n) is 10.2. The number of nitrogens with zero attached hydrogens (tertiary/aromatic N) is 2. The van der Waals surface area contributed by atoms with Crippen molar-refractivity contribution in [2.45, 2.75) is 19.6 Å². The molecule has 1 heterocycles. The van der Waals surface area contributed by atoms with Crippen LogP contribution in [0, 0.1) is 17.2 Å². The van der Waals surface area contributed by atoms with Gasteiger partial charge in [0, 0.05) is 18.1 Å². The minimum atomic E-state index is -0.832. The Morgan fingerprint density at radius 1 is 1.56 bits per heavy atom. The van der Waals surface area contributed by atoms with Crippen LogP contribution in [0.25, 0.3) is 0 Å². The Hall–Kier alpha value is -1.12. The van der Waals surface area contributed by atoms with E-state index in [2.05, 4.69) is 12.3 Å². The molecule has 0 spiro atoms. The smallest absolute Gasteiger partial charge is 0.143 e. The molecule has 2 rings (SSSR count). The SMILES string of the molecule is CC1CCN(NC(O)c2cc(Cl)cc(C#N)c2)C1. The van der Waals surface area contributed by atoms with Gasteiger partial charge in [-0.15, -0.1) is 0 Å². The van der Waals surface area contributed by atoms with Crippen molar-refractivity contribution < 1.29 is 5.11 Å². The number of benzene rings is 1. The fraction of sp³-hybridized carbons (Fsp3) is 0.462. The van der Waals surface area contributed by atoms with Gasteiger partial charge in [0.15, 0.2) is 0 Å². The van der Waals surface area contributed by atoms with Crippen molar-refractivity contribution in [2.24, 2.45) is 5.92 Å². The predicted molar refractivity (Wildman–Crippen MR) is 69.6 cm³/mol. The molecular formula is C13H16ClN3O. The molecule has 0 saturated carbocycles. The van der Waals surface area contributed by atoms with Crippen molar-refractivity contribution in [2.75, 3.05) is 13.1 Å². The molecule has 0 amide bonds. The second-order valence-corrected chi connectivity index (χ2v) is 5.19. The van der Waals surface area contributed by atoms with Crippen LogP contribution in [-0.4, -0.2) is 23.2 Å². The molecule has 2 unspecified atom stereocenters. The maximum absolute atomic E-state index is 10.1. The van der Waals surface area contributed by atoms with Crippen LogP contribution < -0.4 is 5.43 Å². The molecule has 1 aliphatic heterocycles. The number of nitrogens with one attached hydrogen (secondary N) is 1. The van der Waals surface area contributed by atoms with Gasteiger partial charge in [0.2, 0.25) is 0 Å². The van der Waals surface area contributed by atoms with Crippen molar-refractivity contribution in [3.05, 3.63) is 34.3 Å². The third-order valence-corrected chi connectivity index (χ3v) is 3.31. The van der Waals surface area contributed by atoms with Crippen LogP contribution in [-0.2, 0) is 0 Å². The van der Waals surface area contributed by atoms with Crippen LogP contribution in [0.4, 0.5) is 0 Å². The molecule has 1 aromatic rings. The fourth-order valence-corrected chi connectivity index (χ4v) is 2.38. The lowest BCUT2D eigenvalue weighted by Crippen LogP contribution is -2.38. The van der Waals surface area contributed by atoms with Crippen molar-refractivity contribution in [1.29, 1.82) is 5.26 Å². The summed E-state index contributed by atoms with van der Waals surface area (Å²) in [6.45, 7) is 4.02. The molecule has 1 saturated heterocycles. The summed E-state index contributed by atoms with van der Waals surface area (Å²) in [7, 11) is 0. The minimum Gasteiger partial charge on any atom is -0.373 e. The van der Waals surface area contributed by atoms with E-state index in [1.807, 2.05) is 11.1 Å². The van der Waals surface area contributed by atoms with Gasteiger partial charge in [0.25, 0.3) is 0 Å². The van der Waals surface area contributed by atoms with E-state index >= 15 is 0 Å². The summed E-state index contributed by atoms with van der Waals surface area (Å²) < 4.78 is 0. The lowest BCUT2D eigenvalue weighted by atomic mass is 10.1. The van der Waals surface area contributed by atoms with E-state index in [-0.39, 0.29) is 0 Å². The van der Waals surface area contributed by atoms with Gasteiger partial charge in [-0.3, -0.25) is 0 Å². The third kappa shape index (κ3) is 3.21. The van der Waals surface area contributed by atoms with Gasteiger partial charge in [-0.1, -0.05) is 18.5 Å². The average Bonchev–Trinajstić information content (AvgIpc) is 2.73. The molecule has 1 fully saturated rings. The van der Waals surface area contributed by atoms with E-state index in [4.69, 9.17) is 16.9 Å². The van der Waals surface area contributed by atoms with E-state index in [0.717, 1.165) is 19.5 Å². The molecule has 96 valence electrons. The lowest BCUT2D eigenvalue weighted by Gasteiger charge is -2.22. The first-order valence-electron chi connectivity index (χ1n) is 5.98. The first-order chi connectivity index (χ1) is 8.58. The number of rotatable bonds is 3. The predicted octanol–water partition coefficient (Wildman–Crippen LogP) is 2.05. The highest BCUT2D eigenvalue weighted by atomic mass is 35.5. The lowest BCUT2D eigenvalue weighted by molar-refractivity contribution is 0.0460. The molecule has 1 aliphatic rings.